The number of amides is 2. The van der Waals surface area contributed by atoms with Gasteiger partial charge in [0.05, 0.1) is 6.54 Å². The summed E-state index contributed by atoms with van der Waals surface area (Å²) in [5, 5.41) is 2.88. The summed E-state index contributed by atoms with van der Waals surface area (Å²) in [5.74, 6) is 0.352. The molecule has 0 aliphatic rings. The van der Waals surface area contributed by atoms with E-state index in [0.29, 0.717) is 12.4 Å². The zero-order valence-electron chi connectivity index (χ0n) is 17.9. The van der Waals surface area contributed by atoms with Crippen molar-refractivity contribution in [1.82, 2.24) is 15.2 Å². The molecule has 6 heteroatoms. The smallest absolute Gasteiger partial charge is 0.273 e. The predicted octanol–water partition coefficient (Wildman–Crippen LogP) is 4.55. The molecule has 0 saturated heterocycles. The van der Waals surface area contributed by atoms with Crippen LogP contribution in [0.25, 0.3) is 0 Å². The molecule has 1 aromatic heterocycles. The summed E-state index contributed by atoms with van der Waals surface area (Å²) >= 11 is 0. The van der Waals surface area contributed by atoms with Crippen molar-refractivity contribution in [1.29, 1.82) is 0 Å². The Morgan fingerprint density at radius 3 is 2.41 bits per heavy atom. The minimum Gasteiger partial charge on any atom is -0.446 e. The predicted molar refractivity (Wildman–Crippen MR) is 107 cm³/mol. The van der Waals surface area contributed by atoms with Gasteiger partial charge in [-0.2, -0.15) is 0 Å². The third-order valence-corrected chi connectivity index (χ3v) is 5.23. The van der Waals surface area contributed by atoms with E-state index in [1.54, 1.807) is 0 Å². The molecule has 154 valence electrons. The first-order chi connectivity index (χ1) is 12.9. The van der Waals surface area contributed by atoms with Crippen LogP contribution < -0.4 is 5.32 Å². The quantitative estimate of drug-likeness (QED) is 0.578. The summed E-state index contributed by atoms with van der Waals surface area (Å²) in [6.07, 6.45) is 6.97. The number of hydrogen-bond donors (Lipinski definition) is 1. The number of carbonyl (C=O) groups excluding carboxylic acids is 2. The summed E-state index contributed by atoms with van der Waals surface area (Å²) in [7, 11) is 0. The molecule has 1 heterocycles. The monoisotopic (exact) mass is 379 g/mol. The van der Waals surface area contributed by atoms with Gasteiger partial charge in [0, 0.05) is 18.0 Å². The van der Waals surface area contributed by atoms with Crippen molar-refractivity contribution < 1.29 is 14.0 Å². The third-order valence-electron chi connectivity index (χ3n) is 5.23. The topological polar surface area (TPSA) is 75.4 Å². The van der Waals surface area contributed by atoms with E-state index >= 15 is 0 Å². The summed E-state index contributed by atoms with van der Waals surface area (Å²) in [6.45, 7) is 12.6. The third kappa shape index (κ3) is 7.00. The van der Waals surface area contributed by atoms with E-state index < -0.39 is 0 Å². The molecule has 3 atom stereocenters. The minimum absolute atomic E-state index is 0.0297. The van der Waals surface area contributed by atoms with E-state index in [2.05, 4.69) is 31.1 Å². The molecule has 6 nitrogen and oxygen atoms in total. The number of rotatable bonds is 12. The molecule has 0 aromatic carbocycles. The Morgan fingerprint density at radius 2 is 1.85 bits per heavy atom. The molecule has 0 spiro atoms. The molecular weight excluding hydrogens is 342 g/mol. The van der Waals surface area contributed by atoms with Gasteiger partial charge in [0.2, 0.25) is 11.8 Å². The molecule has 0 unspecified atom stereocenters. The van der Waals surface area contributed by atoms with Gasteiger partial charge in [-0.3, -0.25) is 9.59 Å². The van der Waals surface area contributed by atoms with Crippen LogP contribution in [0.4, 0.5) is 0 Å². The largest absolute Gasteiger partial charge is 0.446 e. The van der Waals surface area contributed by atoms with Crippen LogP contribution in [0.5, 0.6) is 0 Å². The van der Waals surface area contributed by atoms with Gasteiger partial charge in [-0.05, 0) is 39.5 Å². The first-order valence-corrected chi connectivity index (χ1v) is 10.4. The average molecular weight is 380 g/mol. The second kappa shape index (κ2) is 11.8. The molecule has 0 fully saturated rings. The Morgan fingerprint density at radius 1 is 1.15 bits per heavy atom. The molecule has 0 aliphatic heterocycles. The molecule has 1 N–H and O–H groups in total. The van der Waals surface area contributed by atoms with Gasteiger partial charge in [0.25, 0.3) is 5.91 Å². The lowest BCUT2D eigenvalue weighted by Crippen LogP contribution is -2.41. The van der Waals surface area contributed by atoms with Crippen LogP contribution >= 0.6 is 0 Å². The summed E-state index contributed by atoms with van der Waals surface area (Å²) in [6, 6.07) is 0.178. The number of unbranched alkanes of at least 4 members (excludes halogenated alkanes) is 1. The summed E-state index contributed by atoms with van der Waals surface area (Å²) in [5.41, 5.74) is 0.264. The zero-order valence-corrected chi connectivity index (χ0v) is 17.9. The first-order valence-electron chi connectivity index (χ1n) is 10.4. The van der Waals surface area contributed by atoms with Crippen LogP contribution in [0.2, 0.25) is 0 Å². The Kier molecular flexibility index (Phi) is 10.1. The number of nitrogens with zero attached hydrogens (tertiary/aromatic N) is 2. The normalized spacial score (nSPS) is 14.4. The second-order valence-corrected chi connectivity index (χ2v) is 7.38. The van der Waals surface area contributed by atoms with Crippen LogP contribution in [0, 0.1) is 5.92 Å². The Bertz CT molecular complexity index is 585. The van der Waals surface area contributed by atoms with Crippen molar-refractivity contribution in [2.75, 3.05) is 0 Å². The van der Waals surface area contributed by atoms with Gasteiger partial charge < -0.3 is 14.6 Å². The second-order valence-electron chi connectivity index (χ2n) is 7.38. The highest BCUT2D eigenvalue weighted by Crippen LogP contribution is 2.20. The van der Waals surface area contributed by atoms with E-state index in [4.69, 9.17) is 4.42 Å². The standard InChI is InChI=1S/C21H37N3O3/c1-7-11-12-17(10-4)21(26)24(16(6)9-3)13-19-23-18(14-27-19)20(25)22-15(5)8-2/h14-17H,7-13H2,1-6H3,(H,22,25)/t15-,16-,17+/m0/s1. The van der Waals surface area contributed by atoms with Crippen molar-refractivity contribution in [2.24, 2.45) is 5.92 Å². The Balaban J connectivity index is 2.88. The van der Waals surface area contributed by atoms with Crippen molar-refractivity contribution in [3.05, 3.63) is 17.8 Å². The lowest BCUT2D eigenvalue weighted by atomic mass is 9.97. The van der Waals surface area contributed by atoms with Gasteiger partial charge >= 0.3 is 0 Å². The molecule has 0 aliphatic carbocycles. The van der Waals surface area contributed by atoms with Gasteiger partial charge in [-0.25, -0.2) is 4.98 Å². The van der Waals surface area contributed by atoms with E-state index in [9.17, 15) is 9.59 Å². The summed E-state index contributed by atoms with van der Waals surface area (Å²) in [4.78, 5) is 31.4. The molecular formula is C21H37N3O3. The van der Waals surface area contributed by atoms with Crippen LogP contribution in [0.15, 0.2) is 10.7 Å². The number of aromatic nitrogens is 1. The number of hydrogen-bond acceptors (Lipinski definition) is 4. The SMILES string of the molecule is CCCC[C@@H](CC)C(=O)N(Cc1nc(C(=O)N[C@@H](C)CC)co1)[C@@H](C)CC. The van der Waals surface area contributed by atoms with Gasteiger partial charge in [-0.15, -0.1) is 0 Å². The Hall–Kier alpha value is -1.85. The maximum Gasteiger partial charge on any atom is 0.273 e. The molecule has 2 amide bonds. The zero-order chi connectivity index (χ0) is 20.4. The van der Waals surface area contributed by atoms with Gasteiger partial charge in [0.15, 0.2) is 5.69 Å². The van der Waals surface area contributed by atoms with Crippen LogP contribution in [0.3, 0.4) is 0 Å². The number of nitrogens with one attached hydrogen (secondary N) is 1. The molecule has 0 bridgehead atoms. The average Bonchev–Trinajstić information content (AvgIpc) is 3.14. The fourth-order valence-corrected chi connectivity index (χ4v) is 2.89. The van der Waals surface area contributed by atoms with Crippen molar-refractivity contribution >= 4 is 11.8 Å². The van der Waals surface area contributed by atoms with E-state index in [1.165, 1.54) is 6.26 Å². The molecule has 0 saturated carbocycles. The van der Waals surface area contributed by atoms with Crippen molar-refractivity contribution in [3.63, 3.8) is 0 Å². The molecule has 27 heavy (non-hydrogen) atoms. The van der Waals surface area contributed by atoms with Crippen LogP contribution in [0.1, 0.15) is 96.4 Å². The molecule has 1 rings (SSSR count). The minimum atomic E-state index is -0.241. The maximum absolute atomic E-state index is 13.1. The fraction of sp³-hybridized carbons (Fsp3) is 0.762. The lowest BCUT2D eigenvalue weighted by molar-refractivity contribution is -0.139. The highest BCUT2D eigenvalue weighted by molar-refractivity contribution is 5.92. The van der Waals surface area contributed by atoms with E-state index in [1.807, 2.05) is 25.7 Å². The highest BCUT2D eigenvalue weighted by atomic mass is 16.3. The first kappa shape index (κ1) is 23.2. The summed E-state index contributed by atoms with van der Waals surface area (Å²) < 4.78 is 5.51. The Labute approximate surface area is 164 Å². The van der Waals surface area contributed by atoms with Crippen molar-refractivity contribution in [3.8, 4) is 0 Å². The molecule has 0 radical (unpaired) electrons. The van der Waals surface area contributed by atoms with Gasteiger partial charge in [0.1, 0.15) is 6.26 Å². The van der Waals surface area contributed by atoms with Gasteiger partial charge in [-0.1, -0.05) is 40.5 Å². The lowest BCUT2D eigenvalue weighted by Gasteiger charge is -2.31. The van der Waals surface area contributed by atoms with E-state index in [0.717, 1.165) is 38.5 Å². The maximum atomic E-state index is 13.1. The van der Waals surface area contributed by atoms with Crippen molar-refractivity contribution in [2.45, 2.75) is 98.7 Å². The number of carbonyl (C=O) groups is 2. The van der Waals surface area contributed by atoms with Crippen LogP contribution in [-0.2, 0) is 11.3 Å². The molecule has 1 aromatic rings. The van der Waals surface area contributed by atoms with E-state index in [-0.39, 0.29) is 35.5 Å². The highest BCUT2D eigenvalue weighted by Gasteiger charge is 2.27. The fourth-order valence-electron chi connectivity index (χ4n) is 2.89. The van der Waals surface area contributed by atoms with Crippen LogP contribution in [-0.4, -0.2) is 33.8 Å². The number of oxazole rings is 1.